The van der Waals surface area contributed by atoms with E-state index in [2.05, 4.69) is 20.3 Å². The highest BCUT2D eigenvalue weighted by Crippen LogP contribution is 2.23. The Labute approximate surface area is 134 Å². The molecule has 1 aromatic heterocycles. The summed E-state index contributed by atoms with van der Waals surface area (Å²) in [5.41, 5.74) is 1.82. The van der Waals surface area contributed by atoms with Crippen LogP contribution in [-0.2, 0) is 0 Å². The summed E-state index contributed by atoms with van der Waals surface area (Å²) in [6.45, 7) is 7.62. The van der Waals surface area contributed by atoms with Gasteiger partial charge in [-0.25, -0.2) is 0 Å². The highest BCUT2D eigenvalue weighted by atomic mass is 35.5. The van der Waals surface area contributed by atoms with Crippen molar-refractivity contribution in [1.82, 2.24) is 15.0 Å². The minimum Gasteiger partial charge on any atom is -0.341 e. The third kappa shape index (κ3) is 3.95. The lowest BCUT2D eigenvalue weighted by molar-refractivity contribution is 0.814. The molecule has 2 rings (SSSR count). The van der Waals surface area contributed by atoms with Crippen molar-refractivity contribution >= 4 is 40.8 Å². The number of halogens is 2. The highest BCUT2D eigenvalue weighted by molar-refractivity contribution is 6.31. The Balaban J connectivity index is 2.29. The first-order valence-corrected chi connectivity index (χ1v) is 7.48. The van der Waals surface area contributed by atoms with Crippen LogP contribution in [0.1, 0.15) is 19.4 Å². The van der Waals surface area contributed by atoms with Gasteiger partial charge < -0.3 is 10.2 Å². The predicted octanol–water partition coefficient (Wildman–Crippen LogP) is 4.08. The van der Waals surface area contributed by atoms with E-state index in [4.69, 9.17) is 23.2 Å². The van der Waals surface area contributed by atoms with Crippen LogP contribution in [0, 0.1) is 6.92 Å². The minimum absolute atomic E-state index is 0.160. The summed E-state index contributed by atoms with van der Waals surface area (Å²) < 4.78 is 0. The van der Waals surface area contributed by atoms with E-state index in [0.717, 1.165) is 24.3 Å². The molecular weight excluding hydrogens is 309 g/mol. The van der Waals surface area contributed by atoms with Gasteiger partial charge in [-0.15, -0.1) is 0 Å². The lowest BCUT2D eigenvalue weighted by atomic mass is 10.2. The lowest BCUT2D eigenvalue weighted by Crippen LogP contribution is -2.24. The zero-order valence-electron chi connectivity index (χ0n) is 12.2. The molecule has 0 atom stereocenters. The predicted molar refractivity (Wildman–Crippen MR) is 87.9 cm³/mol. The highest BCUT2D eigenvalue weighted by Gasteiger charge is 2.10. The number of nitrogens with one attached hydrogen (secondary N) is 1. The van der Waals surface area contributed by atoms with Crippen LogP contribution in [0.15, 0.2) is 18.2 Å². The summed E-state index contributed by atoms with van der Waals surface area (Å²) >= 11 is 12.1. The SMILES string of the molecule is CCN(CC)c1nc(Cl)nc(Nc2ccc(C)c(Cl)c2)n1. The third-order valence-electron chi connectivity index (χ3n) is 3.07. The van der Waals surface area contributed by atoms with Crippen LogP contribution in [-0.4, -0.2) is 28.0 Å². The minimum atomic E-state index is 0.160. The number of aromatic nitrogens is 3. The van der Waals surface area contributed by atoms with E-state index in [0.29, 0.717) is 16.9 Å². The molecule has 7 heteroatoms. The van der Waals surface area contributed by atoms with Crippen LogP contribution in [0.5, 0.6) is 0 Å². The molecule has 0 saturated carbocycles. The average Bonchev–Trinajstić information content (AvgIpc) is 2.44. The average molecular weight is 326 g/mol. The first-order chi connectivity index (χ1) is 10.0. The van der Waals surface area contributed by atoms with E-state index in [1.54, 1.807) is 0 Å². The maximum absolute atomic E-state index is 6.11. The monoisotopic (exact) mass is 325 g/mol. The van der Waals surface area contributed by atoms with Crippen LogP contribution in [0.4, 0.5) is 17.6 Å². The molecule has 1 heterocycles. The van der Waals surface area contributed by atoms with Crippen molar-refractivity contribution in [3.05, 3.63) is 34.1 Å². The van der Waals surface area contributed by atoms with Crippen molar-refractivity contribution in [1.29, 1.82) is 0 Å². The fourth-order valence-electron chi connectivity index (χ4n) is 1.84. The number of hydrogen-bond donors (Lipinski definition) is 1. The Hall–Kier alpha value is -1.59. The van der Waals surface area contributed by atoms with Crippen molar-refractivity contribution in [2.24, 2.45) is 0 Å². The van der Waals surface area contributed by atoms with Crippen molar-refractivity contribution in [3.63, 3.8) is 0 Å². The fourth-order valence-corrected chi connectivity index (χ4v) is 2.18. The van der Waals surface area contributed by atoms with Crippen molar-refractivity contribution < 1.29 is 0 Å². The van der Waals surface area contributed by atoms with E-state index < -0.39 is 0 Å². The number of rotatable bonds is 5. The molecule has 2 aromatic rings. The molecule has 0 spiro atoms. The summed E-state index contributed by atoms with van der Waals surface area (Å²) in [6, 6.07) is 5.67. The molecular formula is C14H17Cl2N5. The van der Waals surface area contributed by atoms with E-state index in [1.807, 2.05) is 43.9 Å². The fraction of sp³-hybridized carbons (Fsp3) is 0.357. The molecule has 21 heavy (non-hydrogen) atoms. The van der Waals surface area contributed by atoms with Gasteiger partial charge in [0.05, 0.1) is 0 Å². The first-order valence-electron chi connectivity index (χ1n) is 6.73. The summed E-state index contributed by atoms with van der Waals surface area (Å²) in [5.74, 6) is 0.956. The molecule has 0 saturated heterocycles. The van der Waals surface area contributed by atoms with Crippen LogP contribution in [0.3, 0.4) is 0 Å². The topological polar surface area (TPSA) is 53.9 Å². The number of anilines is 3. The second-order valence-corrected chi connectivity index (χ2v) is 5.23. The van der Waals surface area contributed by atoms with Gasteiger partial charge in [0.25, 0.3) is 0 Å². The van der Waals surface area contributed by atoms with Crippen LogP contribution < -0.4 is 10.2 Å². The van der Waals surface area contributed by atoms with Gasteiger partial charge >= 0.3 is 0 Å². The summed E-state index contributed by atoms with van der Waals surface area (Å²) in [7, 11) is 0. The Morgan fingerprint density at radius 1 is 1.10 bits per heavy atom. The molecule has 5 nitrogen and oxygen atoms in total. The van der Waals surface area contributed by atoms with Gasteiger partial charge in [-0.3, -0.25) is 0 Å². The summed E-state index contributed by atoms with van der Waals surface area (Å²) in [5, 5.41) is 3.94. The van der Waals surface area contributed by atoms with Crippen LogP contribution in [0.25, 0.3) is 0 Å². The van der Waals surface area contributed by atoms with E-state index in [1.165, 1.54) is 0 Å². The third-order valence-corrected chi connectivity index (χ3v) is 3.65. The molecule has 0 aliphatic carbocycles. The molecule has 1 N–H and O–H groups in total. The van der Waals surface area contributed by atoms with Gasteiger partial charge in [0, 0.05) is 23.8 Å². The first kappa shape index (κ1) is 15.8. The molecule has 0 aliphatic rings. The van der Waals surface area contributed by atoms with Crippen LogP contribution >= 0.6 is 23.2 Å². The van der Waals surface area contributed by atoms with Crippen molar-refractivity contribution in [2.75, 3.05) is 23.3 Å². The normalized spacial score (nSPS) is 10.5. The van der Waals surface area contributed by atoms with Gasteiger partial charge in [-0.05, 0) is 50.1 Å². The molecule has 1 aromatic carbocycles. The molecule has 0 radical (unpaired) electrons. The quantitative estimate of drug-likeness (QED) is 0.897. The van der Waals surface area contributed by atoms with Crippen LogP contribution in [0.2, 0.25) is 10.3 Å². The van der Waals surface area contributed by atoms with Gasteiger partial charge in [0.2, 0.25) is 17.2 Å². The molecule has 112 valence electrons. The molecule has 0 bridgehead atoms. The molecule has 0 amide bonds. The zero-order chi connectivity index (χ0) is 15.4. The van der Waals surface area contributed by atoms with E-state index in [9.17, 15) is 0 Å². The molecule has 0 aliphatic heterocycles. The van der Waals surface area contributed by atoms with Crippen molar-refractivity contribution in [2.45, 2.75) is 20.8 Å². The van der Waals surface area contributed by atoms with E-state index in [-0.39, 0.29) is 5.28 Å². The summed E-state index contributed by atoms with van der Waals surface area (Å²) in [6.07, 6.45) is 0. The van der Waals surface area contributed by atoms with E-state index >= 15 is 0 Å². The Kier molecular flexibility index (Phi) is 5.20. The molecule has 0 unspecified atom stereocenters. The standard InChI is InChI=1S/C14H17Cl2N5/c1-4-21(5-2)14-19-12(16)18-13(20-14)17-10-7-6-9(3)11(15)8-10/h6-8H,4-5H2,1-3H3,(H,17,18,19,20). The summed E-state index contributed by atoms with van der Waals surface area (Å²) in [4.78, 5) is 14.6. The number of benzene rings is 1. The Bertz CT molecular complexity index is 629. The Morgan fingerprint density at radius 3 is 2.43 bits per heavy atom. The smallest absolute Gasteiger partial charge is 0.233 e. The lowest BCUT2D eigenvalue weighted by Gasteiger charge is -2.18. The van der Waals surface area contributed by atoms with Gasteiger partial charge in [0.1, 0.15) is 0 Å². The maximum atomic E-state index is 6.11. The largest absolute Gasteiger partial charge is 0.341 e. The zero-order valence-corrected chi connectivity index (χ0v) is 13.7. The number of aryl methyl sites for hydroxylation is 1. The Morgan fingerprint density at radius 2 is 1.81 bits per heavy atom. The van der Waals surface area contributed by atoms with Gasteiger partial charge in [-0.2, -0.15) is 15.0 Å². The second-order valence-electron chi connectivity index (χ2n) is 4.49. The van der Waals surface area contributed by atoms with Gasteiger partial charge in [-0.1, -0.05) is 17.7 Å². The number of hydrogen-bond acceptors (Lipinski definition) is 5. The number of nitrogens with zero attached hydrogens (tertiary/aromatic N) is 4. The molecule has 0 fully saturated rings. The second kappa shape index (κ2) is 6.91. The van der Waals surface area contributed by atoms with Crippen molar-refractivity contribution in [3.8, 4) is 0 Å². The maximum Gasteiger partial charge on any atom is 0.233 e. The van der Waals surface area contributed by atoms with Gasteiger partial charge in [0.15, 0.2) is 0 Å².